The summed E-state index contributed by atoms with van der Waals surface area (Å²) in [5, 5.41) is 2.95. The Morgan fingerprint density at radius 2 is 1.81 bits per heavy atom. The zero-order valence-corrected chi connectivity index (χ0v) is 15.7. The molecule has 140 valence electrons. The van der Waals surface area contributed by atoms with Crippen LogP contribution in [0.4, 0.5) is 0 Å². The number of ether oxygens (including phenoxy) is 1. The first-order chi connectivity index (χ1) is 13.2. The van der Waals surface area contributed by atoms with Crippen LogP contribution >= 0.6 is 0 Å². The number of hydrogen-bond donors (Lipinski definition) is 1. The van der Waals surface area contributed by atoms with Gasteiger partial charge in [0.25, 0.3) is 0 Å². The zero-order chi connectivity index (χ0) is 19.1. The van der Waals surface area contributed by atoms with Gasteiger partial charge in [-0.15, -0.1) is 0 Å². The standard InChI is InChI=1S/C22H24N2O3/c1-16-20(24-22(27-16)18-6-4-3-5-7-18)14-15-23-21(25)13-10-17-8-11-19(26-2)12-9-17/h3-9,11-12H,10,13-15H2,1-2H3,(H,23,25). The molecule has 0 unspecified atom stereocenters. The summed E-state index contributed by atoms with van der Waals surface area (Å²) in [5.41, 5.74) is 2.95. The van der Waals surface area contributed by atoms with E-state index in [4.69, 9.17) is 9.15 Å². The van der Waals surface area contributed by atoms with Crippen LogP contribution in [0.5, 0.6) is 5.75 Å². The van der Waals surface area contributed by atoms with E-state index in [-0.39, 0.29) is 5.91 Å². The number of aryl methyl sites for hydroxylation is 2. The summed E-state index contributed by atoms with van der Waals surface area (Å²) in [7, 11) is 1.64. The van der Waals surface area contributed by atoms with E-state index in [9.17, 15) is 4.79 Å². The molecule has 5 nitrogen and oxygen atoms in total. The van der Waals surface area contributed by atoms with Crippen molar-refractivity contribution in [1.82, 2.24) is 10.3 Å². The van der Waals surface area contributed by atoms with Crippen LogP contribution in [0.3, 0.4) is 0 Å². The predicted octanol–water partition coefficient (Wildman–Crippen LogP) is 3.95. The molecule has 0 aliphatic rings. The lowest BCUT2D eigenvalue weighted by Gasteiger charge is -2.05. The molecule has 0 saturated carbocycles. The lowest BCUT2D eigenvalue weighted by Crippen LogP contribution is -2.26. The summed E-state index contributed by atoms with van der Waals surface area (Å²) in [6.07, 6.45) is 1.81. The Morgan fingerprint density at radius 3 is 2.52 bits per heavy atom. The maximum absolute atomic E-state index is 12.1. The molecule has 0 fully saturated rings. The average Bonchev–Trinajstić information content (AvgIpc) is 3.08. The van der Waals surface area contributed by atoms with Gasteiger partial charge < -0.3 is 14.5 Å². The normalized spacial score (nSPS) is 10.6. The first kappa shape index (κ1) is 18.7. The Hall–Kier alpha value is -3.08. The highest BCUT2D eigenvalue weighted by atomic mass is 16.5. The fourth-order valence-corrected chi connectivity index (χ4v) is 2.82. The summed E-state index contributed by atoms with van der Waals surface area (Å²) < 4.78 is 10.9. The number of amides is 1. The topological polar surface area (TPSA) is 64.4 Å². The number of carbonyl (C=O) groups excluding carboxylic acids is 1. The van der Waals surface area contributed by atoms with Gasteiger partial charge in [-0.1, -0.05) is 30.3 Å². The van der Waals surface area contributed by atoms with Gasteiger partial charge in [0.1, 0.15) is 11.5 Å². The molecule has 1 aromatic heterocycles. The van der Waals surface area contributed by atoms with E-state index in [0.29, 0.717) is 31.7 Å². The Labute approximate surface area is 159 Å². The summed E-state index contributed by atoms with van der Waals surface area (Å²) in [6.45, 7) is 2.45. The molecule has 0 radical (unpaired) electrons. The number of nitrogens with zero attached hydrogens (tertiary/aromatic N) is 1. The van der Waals surface area contributed by atoms with Crippen molar-refractivity contribution in [3.05, 3.63) is 71.6 Å². The first-order valence-corrected chi connectivity index (χ1v) is 9.07. The van der Waals surface area contributed by atoms with Crippen LogP contribution in [0.1, 0.15) is 23.4 Å². The van der Waals surface area contributed by atoms with Crippen molar-refractivity contribution in [3.63, 3.8) is 0 Å². The highest BCUT2D eigenvalue weighted by molar-refractivity contribution is 5.76. The van der Waals surface area contributed by atoms with Crippen molar-refractivity contribution in [2.45, 2.75) is 26.2 Å². The van der Waals surface area contributed by atoms with Gasteiger partial charge in [-0.25, -0.2) is 4.98 Å². The quantitative estimate of drug-likeness (QED) is 0.657. The van der Waals surface area contributed by atoms with Gasteiger partial charge in [-0.2, -0.15) is 0 Å². The molecule has 1 heterocycles. The van der Waals surface area contributed by atoms with Crippen molar-refractivity contribution < 1.29 is 13.9 Å². The number of hydrogen-bond acceptors (Lipinski definition) is 4. The molecule has 0 bridgehead atoms. The minimum absolute atomic E-state index is 0.0373. The van der Waals surface area contributed by atoms with Crippen molar-refractivity contribution in [2.24, 2.45) is 0 Å². The molecule has 5 heteroatoms. The molecule has 27 heavy (non-hydrogen) atoms. The van der Waals surface area contributed by atoms with E-state index in [1.165, 1.54) is 0 Å². The molecule has 2 aromatic carbocycles. The van der Waals surface area contributed by atoms with Crippen LogP contribution in [0, 0.1) is 6.92 Å². The number of carbonyl (C=O) groups is 1. The number of oxazole rings is 1. The van der Waals surface area contributed by atoms with Crippen molar-refractivity contribution >= 4 is 5.91 Å². The predicted molar refractivity (Wildman–Crippen MR) is 105 cm³/mol. The summed E-state index contributed by atoms with van der Waals surface area (Å²) in [4.78, 5) is 16.6. The second-order valence-electron chi connectivity index (χ2n) is 6.34. The second-order valence-corrected chi connectivity index (χ2v) is 6.34. The van der Waals surface area contributed by atoms with Gasteiger partial charge in [0.05, 0.1) is 12.8 Å². The SMILES string of the molecule is COc1ccc(CCC(=O)NCCc2nc(-c3ccccc3)oc2C)cc1. The molecule has 3 rings (SSSR count). The molecule has 1 amide bonds. The minimum Gasteiger partial charge on any atom is -0.497 e. The second kappa shape index (κ2) is 9.03. The molecular formula is C22H24N2O3. The summed E-state index contributed by atoms with van der Waals surface area (Å²) in [5.74, 6) is 2.27. The average molecular weight is 364 g/mol. The largest absolute Gasteiger partial charge is 0.497 e. The Bertz CT molecular complexity index is 870. The van der Waals surface area contributed by atoms with E-state index < -0.39 is 0 Å². The fraction of sp³-hybridized carbons (Fsp3) is 0.273. The maximum Gasteiger partial charge on any atom is 0.226 e. The fourth-order valence-electron chi connectivity index (χ4n) is 2.82. The third-order valence-electron chi connectivity index (χ3n) is 4.40. The van der Waals surface area contributed by atoms with Gasteiger partial charge in [-0.05, 0) is 43.2 Å². The highest BCUT2D eigenvalue weighted by Gasteiger charge is 2.11. The van der Waals surface area contributed by atoms with Gasteiger partial charge in [0.15, 0.2) is 0 Å². The van der Waals surface area contributed by atoms with E-state index in [1.807, 2.05) is 61.5 Å². The van der Waals surface area contributed by atoms with Gasteiger partial charge in [0, 0.05) is 24.9 Å². The number of rotatable bonds is 8. The Balaban J connectivity index is 1.45. The minimum atomic E-state index is 0.0373. The lowest BCUT2D eigenvalue weighted by atomic mass is 10.1. The van der Waals surface area contributed by atoms with E-state index in [2.05, 4.69) is 10.3 Å². The molecule has 0 saturated heterocycles. The van der Waals surface area contributed by atoms with Gasteiger partial charge in [-0.3, -0.25) is 4.79 Å². The van der Waals surface area contributed by atoms with Crippen LogP contribution in [-0.2, 0) is 17.6 Å². The Kier molecular flexibility index (Phi) is 6.26. The van der Waals surface area contributed by atoms with E-state index >= 15 is 0 Å². The molecule has 3 aromatic rings. The van der Waals surface area contributed by atoms with E-state index in [1.54, 1.807) is 7.11 Å². The maximum atomic E-state index is 12.1. The molecule has 1 N–H and O–H groups in total. The summed E-state index contributed by atoms with van der Waals surface area (Å²) in [6, 6.07) is 17.6. The monoisotopic (exact) mass is 364 g/mol. The van der Waals surface area contributed by atoms with Crippen molar-refractivity contribution in [2.75, 3.05) is 13.7 Å². The molecule has 0 atom stereocenters. The molecule has 0 aliphatic carbocycles. The zero-order valence-electron chi connectivity index (χ0n) is 15.7. The van der Waals surface area contributed by atoms with Crippen LogP contribution in [-0.4, -0.2) is 24.5 Å². The smallest absolute Gasteiger partial charge is 0.226 e. The van der Waals surface area contributed by atoms with Gasteiger partial charge >= 0.3 is 0 Å². The van der Waals surface area contributed by atoms with Crippen LogP contribution in [0.15, 0.2) is 59.0 Å². The van der Waals surface area contributed by atoms with E-state index in [0.717, 1.165) is 28.3 Å². The first-order valence-electron chi connectivity index (χ1n) is 9.07. The molecule has 0 spiro atoms. The summed E-state index contributed by atoms with van der Waals surface area (Å²) >= 11 is 0. The van der Waals surface area contributed by atoms with Crippen molar-refractivity contribution in [1.29, 1.82) is 0 Å². The number of aromatic nitrogens is 1. The molecule has 0 aliphatic heterocycles. The Morgan fingerprint density at radius 1 is 1.07 bits per heavy atom. The number of nitrogens with one attached hydrogen (secondary N) is 1. The van der Waals surface area contributed by atoms with Gasteiger partial charge in [0.2, 0.25) is 11.8 Å². The molecular weight excluding hydrogens is 340 g/mol. The van der Waals surface area contributed by atoms with Crippen LogP contribution in [0.25, 0.3) is 11.5 Å². The van der Waals surface area contributed by atoms with Crippen LogP contribution < -0.4 is 10.1 Å². The number of benzene rings is 2. The lowest BCUT2D eigenvalue weighted by molar-refractivity contribution is -0.121. The van der Waals surface area contributed by atoms with Crippen LogP contribution in [0.2, 0.25) is 0 Å². The highest BCUT2D eigenvalue weighted by Crippen LogP contribution is 2.21. The number of methoxy groups -OCH3 is 1. The third-order valence-corrected chi connectivity index (χ3v) is 4.40. The third kappa shape index (κ3) is 5.20. The van der Waals surface area contributed by atoms with Crippen molar-refractivity contribution in [3.8, 4) is 17.2 Å².